The molecule has 0 saturated carbocycles. The van der Waals surface area contributed by atoms with Gasteiger partial charge < -0.3 is 9.84 Å². The fourth-order valence-electron chi connectivity index (χ4n) is 3.66. The summed E-state index contributed by atoms with van der Waals surface area (Å²) in [6, 6.07) is 10.8. The zero-order valence-corrected chi connectivity index (χ0v) is 18.7. The number of hydrogen-bond acceptors (Lipinski definition) is 7. The Bertz CT molecular complexity index is 1300. The van der Waals surface area contributed by atoms with Gasteiger partial charge in [0.1, 0.15) is 29.9 Å². The summed E-state index contributed by atoms with van der Waals surface area (Å²) in [4.78, 5) is 14.2. The summed E-state index contributed by atoms with van der Waals surface area (Å²) in [7, 11) is 0. The zero-order chi connectivity index (χ0) is 25.0. The smallest absolute Gasteiger partial charge is 0.269 e. The van der Waals surface area contributed by atoms with Crippen molar-refractivity contribution in [3.63, 3.8) is 0 Å². The Labute approximate surface area is 198 Å². The minimum Gasteiger partial charge on any atom is -0.380 e. The first-order chi connectivity index (χ1) is 16.7. The molecule has 35 heavy (non-hydrogen) atoms. The van der Waals surface area contributed by atoms with E-state index in [1.54, 1.807) is 36.0 Å². The molecule has 0 saturated heterocycles. The molecule has 0 aliphatic rings. The number of aromatic nitrogens is 5. The minimum absolute atomic E-state index is 0.00765. The van der Waals surface area contributed by atoms with Crippen molar-refractivity contribution in [2.75, 3.05) is 0 Å². The number of nitro groups is 1. The van der Waals surface area contributed by atoms with Crippen LogP contribution in [0.15, 0.2) is 67.4 Å². The molecule has 4 aromatic rings. The average molecular weight is 484 g/mol. The van der Waals surface area contributed by atoms with Crippen LogP contribution in [0, 0.1) is 21.7 Å². The van der Waals surface area contributed by atoms with E-state index in [0.717, 1.165) is 11.6 Å². The van der Waals surface area contributed by atoms with E-state index in [9.17, 15) is 24.0 Å². The lowest BCUT2D eigenvalue weighted by molar-refractivity contribution is -0.384. The summed E-state index contributed by atoms with van der Waals surface area (Å²) < 4.78 is 36.9. The zero-order valence-electron chi connectivity index (χ0n) is 18.7. The van der Waals surface area contributed by atoms with E-state index in [1.807, 2.05) is 0 Å². The predicted octanol–water partition coefficient (Wildman–Crippen LogP) is 3.20. The van der Waals surface area contributed by atoms with Crippen LogP contribution in [0.1, 0.15) is 23.7 Å². The molecule has 182 valence electrons. The molecule has 0 amide bonds. The molecule has 2 aromatic carbocycles. The highest BCUT2D eigenvalue weighted by Gasteiger charge is 2.40. The van der Waals surface area contributed by atoms with Gasteiger partial charge in [0.2, 0.25) is 0 Å². The molecule has 2 aromatic heterocycles. The summed E-state index contributed by atoms with van der Waals surface area (Å²) in [5.74, 6) is -1.67. The second-order valence-corrected chi connectivity index (χ2v) is 8.02. The lowest BCUT2D eigenvalue weighted by Crippen LogP contribution is -2.44. The molecular formula is C23H22F2N6O4. The van der Waals surface area contributed by atoms with Crippen LogP contribution in [0.2, 0.25) is 0 Å². The van der Waals surface area contributed by atoms with Crippen molar-refractivity contribution in [1.82, 2.24) is 24.5 Å². The molecule has 0 bridgehead atoms. The third kappa shape index (κ3) is 5.55. The maximum atomic E-state index is 14.6. The summed E-state index contributed by atoms with van der Waals surface area (Å²) in [5.41, 5.74) is -0.624. The fourth-order valence-corrected chi connectivity index (χ4v) is 3.66. The number of ether oxygens (including phenoxy) is 1. The third-order valence-corrected chi connectivity index (χ3v) is 5.61. The number of non-ortho nitro benzene ring substituents is 1. The normalized spacial score (nSPS) is 13.9. The molecule has 0 spiro atoms. The summed E-state index contributed by atoms with van der Waals surface area (Å²) >= 11 is 0. The second-order valence-electron chi connectivity index (χ2n) is 8.02. The molecule has 0 aliphatic heterocycles. The monoisotopic (exact) mass is 484 g/mol. The van der Waals surface area contributed by atoms with Gasteiger partial charge in [0.05, 0.1) is 36.4 Å². The largest absolute Gasteiger partial charge is 0.380 e. The molecule has 0 unspecified atom stereocenters. The van der Waals surface area contributed by atoms with Crippen LogP contribution in [0.3, 0.4) is 0 Å². The van der Waals surface area contributed by atoms with Crippen LogP contribution in [-0.2, 0) is 30.0 Å². The molecule has 1 N–H and O–H groups in total. The highest BCUT2D eigenvalue weighted by Crippen LogP contribution is 2.32. The van der Waals surface area contributed by atoms with Crippen molar-refractivity contribution in [3.05, 3.63) is 106 Å². The van der Waals surface area contributed by atoms with Gasteiger partial charge in [0.25, 0.3) is 5.69 Å². The van der Waals surface area contributed by atoms with E-state index in [0.29, 0.717) is 18.3 Å². The molecule has 0 radical (unpaired) electrons. The van der Waals surface area contributed by atoms with Crippen LogP contribution < -0.4 is 0 Å². The lowest BCUT2D eigenvalue weighted by atomic mass is 9.88. The van der Waals surface area contributed by atoms with Crippen LogP contribution in [-0.4, -0.2) is 40.7 Å². The SMILES string of the molecule is C[C@@H](OCc1ccn(Cc2ccc([N+](=O)[O-])cc2)n1)[C@](O)(Cn1cncn1)c1ccc(F)cc1F. The van der Waals surface area contributed by atoms with Gasteiger partial charge in [0, 0.05) is 30.0 Å². The first-order valence-corrected chi connectivity index (χ1v) is 10.6. The van der Waals surface area contributed by atoms with Crippen molar-refractivity contribution in [2.45, 2.75) is 38.3 Å². The number of hydrogen-bond donors (Lipinski definition) is 1. The van der Waals surface area contributed by atoms with E-state index in [-0.39, 0.29) is 24.4 Å². The Morgan fingerprint density at radius 1 is 1.17 bits per heavy atom. The van der Waals surface area contributed by atoms with Gasteiger partial charge in [0.15, 0.2) is 0 Å². The van der Waals surface area contributed by atoms with Crippen molar-refractivity contribution in [1.29, 1.82) is 0 Å². The molecular weight excluding hydrogens is 462 g/mol. The van der Waals surface area contributed by atoms with Crippen LogP contribution in [0.5, 0.6) is 0 Å². The van der Waals surface area contributed by atoms with Crippen LogP contribution in [0.25, 0.3) is 0 Å². The molecule has 2 heterocycles. The van der Waals surface area contributed by atoms with Crippen LogP contribution >= 0.6 is 0 Å². The predicted molar refractivity (Wildman–Crippen MR) is 119 cm³/mol. The van der Waals surface area contributed by atoms with Crippen molar-refractivity contribution in [3.8, 4) is 0 Å². The van der Waals surface area contributed by atoms with Gasteiger partial charge in [-0.2, -0.15) is 10.2 Å². The van der Waals surface area contributed by atoms with Crippen molar-refractivity contribution in [2.24, 2.45) is 0 Å². The first-order valence-electron chi connectivity index (χ1n) is 10.6. The van der Waals surface area contributed by atoms with E-state index in [1.165, 1.54) is 35.5 Å². The molecule has 0 fully saturated rings. The second kappa shape index (κ2) is 10.1. The van der Waals surface area contributed by atoms with Crippen LogP contribution in [0.4, 0.5) is 14.5 Å². The molecule has 4 rings (SSSR count). The number of rotatable bonds is 10. The Kier molecular flexibility index (Phi) is 6.94. The maximum Gasteiger partial charge on any atom is 0.269 e. The highest BCUT2D eigenvalue weighted by molar-refractivity contribution is 5.33. The quantitative estimate of drug-likeness (QED) is 0.271. The number of aliphatic hydroxyl groups is 1. The van der Waals surface area contributed by atoms with Gasteiger partial charge in [-0.05, 0) is 24.6 Å². The average Bonchev–Trinajstić information content (AvgIpc) is 3.49. The topological polar surface area (TPSA) is 121 Å². The van der Waals surface area contributed by atoms with E-state index in [4.69, 9.17) is 4.74 Å². The van der Waals surface area contributed by atoms with E-state index in [2.05, 4.69) is 15.2 Å². The fraction of sp³-hybridized carbons (Fsp3) is 0.261. The molecule has 12 heteroatoms. The Hall–Kier alpha value is -4.03. The summed E-state index contributed by atoms with van der Waals surface area (Å²) in [6.07, 6.45) is 3.45. The number of nitro benzene ring substituents is 1. The van der Waals surface area contributed by atoms with Gasteiger partial charge in [-0.1, -0.05) is 18.2 Å². The Morgan fingerprint density at radius 2 is 1.94 bits per heavy atom. The van der Waals surface area contributed by atoms with E-state index >= 15 is 0 Å². The van der Waals surface area contributed by atoms with Crippen molar-refractivity contribution < 1.29 is 23.5 Å². The van der Waals surface area contributed by atoms with Crippen molar-refractivity contribution >= 4 is 5.69 Å². The summed E-state index contributed by atoms with van der Waals surface area (Å²) in [5, 5.41) is 30.7. The minimum atomic E-state index is -1.88. The molecule has 0 aliphatic carbocycles. The Balaban J connectivity index is 1.46. The van der Waals surface area contributed by atoms with Gasteiger partial charge in [-0.15, -0.1) is 0 Å². The number of benzene rings is 2. The first kappa shape index (κ1) is 24.1. The van der Waals surface area contributed by atoms with E-state index < -0.39 is 28.3 Å². The third-order valence-electron chi connectivity index (χ3n) is 5.61. The maximum absolute atomic E-state index is 14.6. The Morgan fingerprint density at radius 3 is 2.60 bits per heavy atom. The number of nitrogens with zero attached hydrogens (tertiary/aromatic N) is 6. The molecule has 10 nitrogen and oxygen atoms in total. The standard InChI is InChI=1S/C23H22F2N6O4/c1-16(23(32,13-30-15-26-14-27-30)21-7-4-18(24)10-22(21)25)35-12-19-8-9-29(28-19)11-17-2-5-20(6-3-17)31(33)34/h2-10,14-16,32H,11-13H2,1H3/t16-,23-/m1/s1. The van der Waals surface area contributed by atoms with Gasteiger partial charge in [-0.25, -0.2) is 18.4 Å². The lowest BCUT2D eigenvalue weighted by Gasteiger charge is -2.34. The van der Waals surface area contributed by atoms with Gasteiger partial charge >= 0.3 is 0 Å². The summed E-state index contributed by atoms with van der Waals surface area (Å²) in [6.45, 7) is 1.81. The van der Waals surface area contributed by atoms with Gasteiger partial charge in [-0.3, -0.25) is 14.8 Å². The number of halogens is 2. The molecule has 2 atom stereocenters. The highest BCUT2D eigenvalue weighted by atomic mass is 19.1.